The minimum atomic E-state index is -1.19. The summed E-state index contributed by atoms with van der Waals surface area (Å²) in [4.78, 5) is 43.9. The van der Waals surface area contributed by atoms with Crippen molar-refractivity contribution in [2.24, 2.45) is 10.9 Å². The van der Waals surface area contributed by atoms with Gasteiger partial charge in [0, 0.05) is 18.8 Å². The van der Waals surface area contributed by atoms with Crippen molar-refractivity contribution in [3.05, 3.63) is 108 Å². The number of amides is 1. The molecule has 0 saturated heterocycles. The summed E-state index contributed by atoms with van der Waals surface area (Å²) in [5, 5.41) is 12.3. The van der Waals surface area contributed by atoms with Gasteiger partial charge in [-0.25, -0.2) is 9.79 Å². The summed E-state index contributed by atoms with van der Waals surface area (Å²) in [5.41, 5.74) is 2.28. The molecule has 0 aromatic heterocycles. The van der Waals surface area contributed by atoms with Crippen molar-refractivity contribution < 1.29 is 29.0 Å². The molecular weight excluding hydrogens is 544 g/mol. The number of carbonyl (C=O) groups excluding carboxylic acids is 2. The number of carboxylic acids is 1. The number of benzene rings is 3. The van der Waals surface area contributed by atoms with Crippen LogP contribution >= 0.6 is 0 Å². The molecule has 8 heteroatoms. The lowest BCUT2D eigenvalue weighted by atomic mass is 9.89. The maximum absolute atomic E-state index is 13.9. The molecule has 3 aromatic rings. The van der Waals surface area contributed by atoms with E-state index in [0.717, 1.165) is 29.7 Å². The summed E-state index contributed by atoms with van der Waals surface area (Å²) < 4.78 is 11.4. The lowest BCUT2D eigenvalue weighted by Crippen LogP contribution is -2.44. The van der Waals surface area contributed by atoms with Gasteiger partial charge >= 0.3 is 5.97 Å². The highest BCUT2D eigenvalue weighted by atomic mass is 16.5. The third-order valence-electron chi connectivity index (χ3n) is 6.96. The number of unbranched alkanes of at least 4 members (excludes halogenated alkanes) is 1. The van der Waals surface area contributed by atoms with Gasteiger partial charge in [0.1, 0.15) is 18.4 Å². The Morgan fingerprint density at radius 3 is 2.16 bits per heavy atom. The van der Waals surface area contributed by atoms with Gasteiger partial charge in [-0.15, -0.1) is 0 Å². The van der Waals surface area contributed by atoms with E-state index in [-0.39, 0.29) is 30.8 Å². The van der Waals surface area contributed by atoms with Crippen LogP contribution in [0.1, 0.15) is 50.7 Å². The molecule has 0 aliphatic carbocycles. The van der Waals surface area contributed by atoms with E-state index in [1.165, 1.54) is 6.08 Å². The molecule has 2 atom stereocenters. The second-order valence-corrected chi connectivity index (χ2v) is 10.1. The van der Waals surface area contributed by atoms with Crippen molar-refractivity contribution in [3.8, 4) is 5.75 Å². The lowest BCUT2D eigenvalue weighted by molar-refractivity contribution is -0.141. The minimum Gasteiger partial charge on any atom is -0.497 e. The molecule has 1 amide bonds. The summed E-state index contributed by atoms with van der Waals surface area (Å²) in [6.07, 6.45) is 3.87. The van der Waals surface area contributed by atoms with Crippen molar-refractivity contribution in [1.29, 1.82) is 0 Å². The molecule has 0 fully saturated rings. The first kappa shape index (κ1) is 32.8. The number of ether oxygens (including phenoxy) is 2. The van der Waals surface area contributed by atoms with Gasteiger partial charge in [-0.1, -0.05) is 86.5 Å². The number of para-hydroxylation sites is 1. The number of nitrogens with zero attached hydrogens (tertiary/aromatic N) is 1. The summed E-state index contributed by atoms with van der Waals surface area (Å²) in [5.74, 6) is -1.73. The predicted octanol–water partition coefficient (Wildman–Crippen LogP) is 6.47. The zero-order chi connectivity index (χ0) is 31.0. The van der Waals surface area contributed by atoms with Crippen LogP contribution < -0.4 is 10.1 Å². The van der Waals surface area contributed by atoms with Gasteiger partial charge in [-0.3, -0.25) is 9.59 Å². The Kier molecular flexibility index (Phi) is 13.2. The molecule has 0 heterocycles. The average Bonchev–Trinajstić information content (AvgIpc) is 3.02. The molecule has 2 N–H and O–H groups in total. The monoisotopic (exact) mass is 584 g/mol. The molecule has 0 aliphatic rings. The number of hydrogen-bond acceptors (Lipinski definition) is 6. The Hall–Kier alpha value is -4.72. The Bertz CT molecular complexity index is 1380. The number of Topliss-reactive ketones (excluding diaryl/α,β-unsaturated/α-hetero) is 1. The highest BCUT2D eigenvalue weighted by Crippen LogP contribution is 2.23. The molecule has 0 saturated carbocycles. The van der Waals surface area contributed by atoms with E-state index in [2.05, 4.69) is 5.32 Å². The van der Waals surface area contributed by atoms with Crippen molar-refractivity contribution >= 4 is 29.2 Å². The first-order valence-corrected chi connectivity index (χ1v) is 14.5. The molecule has 3 rings (SSSR count). The van der Waals surface area contributed by atoms with Gasteiger partial charge in [0.15, 0.2) is 11.7 Å². The fraction of sp³-hybridized carbons (Fsp3) is 0.314. The summed E-state index contributed by atoms with van der Waals surface area (Å²) in [6, 6.07) is 24.7. The normalized spacial score (nSPS) is 13.1. The second kappa shape index (κ2) is 17.3. The molecule has 8 nitrogen and oxygen atoms in total. The van der Waals surface area contributed by atoms with Crippen LogP contribution in [0.2, 0.25) is 0 Å². The number of ketones is 1. The van der Waals surface area contributed by atoms with Crippen LogP contribution in [0.5, 0.6) is 5.75 Å². The molecule has 3 aromatic carbocycles. The van der Waals surface area contributed by atoms with Crippen LogP contribution in [-0.2, 0) is 32.1 Å². The summed E-state index contributed by atoms with van der Waals surface area (Å²) >= 11 is 0. The van der Waals surface area contributed by atoms with E-state index in [4.69, 9.17) is 14.5 Å². The van der Waals surface area contributed by atoms with Crippen LogP contribution in [0.4, 0.5) is 5.69 Å². The Labute approximate surface area is 253 Å². The topological polar surface area (TPSA) is 114 Å². The van der Waals surface area contributed by atoms with E-state index in [0.29, 0.717) is 18.0 Å². The average molecular weight is 585 g/mol. The number of rotatable bonds is 16. The quantitative estimate of drug-likeness (QED) is 0.0656. The van der Waals surface area contributed by atoms with Crippen LogP contribution in [0.15, 0.2) is 102 Å². The first-order valence-electron chi connectivity index (χ1n) is 14.5. The van der Waals surface area contributed by atoms with E-state index >= 15 is 0 Å². The highest BCUT2D eigenvalue weighted by Gasteiger charge is 2.30. The number of carbonyl (C=O) groups is 3. The second-order valence-electron chi connectivity index (χ2n) is 10.1. The van der Waals surface area contributed by atoms with E-state index in [1.807, 2.05) is 67.6 Å². The summed E-state index contributed by atoms with van der Waals surface area (Å²) in [7, 11) is 1.61. The molecule has 226 valence electrons. The van der Waals surface area contributed by atoms with Crippen molar-refractivity contribution in [2.75, 3.05) is 7.11 Å². The zero-order valence-electron chi connectivity index (χ0n) is 25.0. The Morgan fingerprint density at radius 1 is 0.930 bits per heavy atom. The third-order valence-corrected chi connectivity index (χ3v) is 6.96. The smallest absolute Gasteiger partial charge is 0.326 e. The Balaban J connectivity index is 1.81. The SMILES string of the molecule is C/C=C(\C(=O)NC(Cc1ccccc1)C(=O)O)C(=O)C(CCCC)CC(=Nc1ccccc1)OCc1ccc(OC)cc1. The van der Waals surface area contributed by atoms with Crippen molar-refractivity contribution in [2.45, 2.75) is 58.6 Å². The molecule has 0 bridgehead atoms. The fourth-order valence-corrected chi connectivity index (χ4v) is 4.55. The molecular formula is C35H40N2O6. The summed E-state index contributed by atoms with van der Waals surface area (Å²) in [6.45, 7) is 3.88. The fourth-order valence-electron chi connectivity index (χ4n) is 4.55. The highest BCUT2D eigenvalue weighted by molar-refractivity contribution is 6.20. The number of carboxylic acid groups (broad SMARTS) is 1. The van der Waals surface area contributed by atoms with Crippen LogP contribution in [-0.4, -0.2) is 41.8 Å². The standard InChI is InChI=1S/C35H40N2O6/c1-4-6-15-27(33(38)30(5-2)34(39)37-31(35(40)41)22-25-13-9-7-10-14-25)23-32(36-28-16-11-8-12-17-28)43-24-26-18-20-29(42-3)21-19-26/h5,7-14,16-21,27,31H,4,6,15,22-24H2,1-3H3,(H,37,39)(H,40,41)/b30-5-,36-32?. The predicted molar refractivity (Wildman–Crippen MR) is 167 cm³/mol. The van der Waals surface area contributed by atoms with Gasteiger partial charge in [-0.2, -0.15) is 0 Å². The number of hydrogen-bond donors (Lipinski definition) is 2. The van der Waals surface area contributed by atoms with Crippen molar-refractivity contribution in [3.63, 3.8) is 0 Å². The number of nitrogens with one attached hydrogen (secondary N) is 1. The van der Waals surface area contributed by atoms with E-state index in [9.17, 15) is 19.5 Å². The van der Waals surface area contributed by atoms with Crippen LogP contribution in [0.3, 0.4) is 0 Å². The number of aliphatic imine (C=N–C) groups is 1. The lowest BCUT2D eigenvalue weighted by Gasteiger charge is -2.20. The van der Waals surface area contributed by atoms with Crippen LogP contribution in [0, 0.1) is 5.92 Å². The number of methoxy groups -OCH3 is 1. The number of aliphatic carboxylic acids is 1. The molecule has 2 unspecified atom stereocenters. The molecule has 0 aliphatic heterocycles. The molecule has 0 spiro atoms. The zero-order valence-corrected chi connectivity index (χ0v) is 25.0. The van der Waals surface area contributed by atoms with Gasteiger partial charge in [0.2, 0.25) is 0 Å². The molecule has 0 radical (unpaired) electrons. The molecule has 43 heavy (non-hydrogen) atoms. The maximum atomic E-state index is 13.9. The van der Waals surface area contributed by atoms with Crippen LogP contribution in [0.25, 0.3) is 0 Å². The number of allylic oxidation sites excluding steroid dienone is 1. The van der Waals surface area contributed by atoms with E-state index in [1.54, 1.807) is 38.3 Å². The third kappa shape index (κ3) is 10.6. The first-order chi connectivity index (χ1) is 20.8. The van der Waals surface area contributed by atoms with Gasteiger partial charge in [0.25, 0.3) is 5.91 Å². The van der Waals surface area contributed by atoms with Gasteiger partial charge < -0.3 is 19.9 Å². The van der Waals surface area contributed by atoms with Gasteiger partial charge in [-0.05, 0) is 48.7 Å². The Morgan fingerprint density at radius 2 is 1.58 bits per heavy atom. The largest absolute Gasteiger partial charge is 0.497 e. The minimum absolute atomic E-state index is 0.0744. The van der Waals surface area contributed by atoms with Gasteiger partial charge in [0.05, 0.1) is 18.4 Å². The maximum Gasteiger partial charge on any atom is 0.326 e. The van der Waals surface area contributed by atoms with E-state index < -0.39 is 23.8 Å². The van der Waals surface area contributed by atoms with Crippen molar-refractivity contribution in [1.82, 2.24) is 5.32 Å².